The Labute approximate surface area is 241 Å². The zero-order valence-electron chi connectivity index (χ0n) is 23.1. The molecular weight excluding hydrogens is 576 g/mol. The lowest BCUT2D eigenvalue weighted by Gasteiger charge is -2.23. The zero-order chi connectivity index (χ0) is 30.7. The second kappa shape index (κ2) is 12.8. The predicted molar refractivity (Wildman–Crippen MR) is 148 cm³/mol. The molecule has 4 rings (SSSR count). The van der Waals surface area contributed by atoms with Crippen molar-refractivity contribution in [3.05, 3.63) is 71.7 Å². The van der Waals surface area contributed by atoms with E-state index in [1.165, 1.54) is 24.3 Å². The van der Waals surface area contributed by atoms with Crippen molar-refractivity contribution < 1.29 is 35.9 Å². The van der Waals surface area contributed by atoms with E-state index in [2.05, 4.69) is 15.3 Å². The number of aryl methyl sites for hydroxylation is 1. The number of halogens is 4. The zero-order valence-corrected chi connectivity index (χ0v) is 23.9. The molecule has 2 heterocycles. The Morgan fingerprint density at radius 2 is 1.76 bits per heavy atom. The van der Waals surface area contributed by atoms with Gasteiger partial charge in [-0.2, -0.15) is 17.5 Å². The predicted octanol–water partition coefficient (Wildman–Crippen LogP) is 5.09. The van der Waals surface area contributed by atoms with E-state index in [-0.39, 0.29) is 48.5 Å². The number of anilines is 1. The first-order chi connectivity index (χ1) is 19.8. The van der Waals surface area contributed by atoms with Gasteiger partial charge in [-0.25, -0.2) is 22.8 Å². The Hall–Kier alpha value is -3.42. The number of ketones is 1. The molecule has 13 heteroatoms. The molecule has 0 spiro atoms. The van der Waals surface area contributed by atoms with Crippen molar-refractivity contribution in [1.29, 1.82) is 0 Å². The number of aromatic nitrogens is 2. The maximum atomic E-state index is 13.3. The van der Waals surface area contributed by atoms with Crippen LogP contribution in [0.1, 0.15) is 44.4 Å². The Kier molecular flexibility index (Phi) is 9.63. The molecule has 3 aromatic rings. The van der Waals surface area contributed by atoms with E-state index in [1.54, 1.807) is 6.07 Å². The number of nitrogens with zero attached hydrogens (tertiary/aromatic N) is 3. The van der Waals surface area contributed by atoms with Crippen LogP contribution in [0, 0.1) is 11.7 Å². The highest BCUT2D eigenvalue weighted by Crippen LogP contribution is 2.32. The number of benzene rings is 2. The molecule has 1 fully saturated rings. The average Bonchev–Trinajstić information content (AvgIpc) is 3.46. The number of sulfonamides is 1. The molecule has 0 amide bonds. The van der Waals surface area contributed by atoms with Gasteiger partial charge in [-0.05, 0) is 67.6 Å². The standard InChI is InChI=1S/C29H32F4N4O4S/c1-18(2)25(17-38)36-28-34-22(16-24(35-28)19-5-7-20(8-6-19)29(31,32)33)11-14-27(39)26-4-3-15-37(26)42(40,41)23-12-9-21(30)10-13-23/h5-10,12-13,16,18,25-26,38H,3-4,11,14-15,17H2,1-2H3,(H,34,35,36)/t25-,26+/m1/s1. The first-order valence-electron chi connectivity index (χ1n) is 13.5. The first kappa shape index (κ1) is 31.5. The van der Waals surface area contributed by atoms with Gasteiger partial charge >= 0.3 is 6.18 Å². The van der Waals surface area contributed by atoms with Crippen LogP contribution in [0.4, 0.5) is 23.5 Å². The molecule has 1 saturated heterocycles. The SMILES string of the molecule is CC(C)[C@@H](CO)Nc1nc(CCC(=O)[C@@H]2CCCN2S(=O)(=O)c2ccc(F)cc2)cc(-c2ccc(C(F)(F)F)cc2)n1. The number of alkyl halides is 3. The molecule has 2 atom stereocenters. The number of rotatable bonds is 11. The molecule has 8 nitrogen and oxygen atoms in total. The van der Waals surface area contributed by atoms with Gasteiger partial charge in [0.05, 0.1) is 34.8 Å². The van der Waals surface area contributed by atoms with Gasteiger partial charge in [0.15, 0.2) is 5.78 Å². The number of carbonyl (C=O) groups excluding carboxylic acids is 1. The van der Waals surface area contributed by atoms with Crippen LogP contribution in [-0.2, 0) is 27.4 Å². The quantitative estimate of drug-likeness (QED) is 0.292. The highest BCUT2D eigenvalue weighted by molar-refractivity contribution is 7.89. The summed E-state index contributed by atoms with van der Waals surface area (Å²) in [5, 5.41) is 12.8. The molecular formula is C29H32F4N4O4S. The summed E-state index contributed by atoms with van der Waals surface area (Å²) in [6, 6.07) is 9.23. The summed E-state index contributed by atoms with van der Waals surface area (Å²) in [6.07, 6.45) is -3.58. The largest absolute Gasteiger partial charge is 0.416 e. The lowest BCUT2D eigenvalue weighted by molar-refractivity contribution is -0.137. The van der Waals surface area contributed by atoms with Gasteiger partial charge in [0.1, 0.15) is 5.82 Å². The van der Waals surface area contributed by atoms with Gasteiger partial charge < -0.3 is 10.4 Å². The highest BCUT2D eigenvalue weighted by atomic mass is 32.2. The highest BCUT2D eigenvalue weighted by Gasteiger charge is 2.39. The number of aliphatic hydroxyl groups is 1. The van der Waals surface area contributed by atoms with Crippen molar-refractivity contribution in [2.75, 3.05) is 18.5 Å². The molecule has 0 aliphatic carbocycles. The monoisotopic (exact) mass is 608 g/mol. The molecule has 0 unspecified atom stereocenters. The van der Waals surface area contributed by atoms with Gasteiger partial charge in [-0.3, -0.25) is 4.79 Å². The van der Waals surface area contributed by atoms with Crippen LogP contribution in [0.2, 0.25) is 0 Å². The summed E-state index contributed by atoms with van der Waals surface area (Å²) in [5.41, 5.74) is 0.340. The molecule has 0 radical (unpaired) electrons. The molecule has 1 aliphatic heterocycles. The number of hydrogen-bond donors (Lipinski definition) is 2. The Bertz CT molecular complexity index is 1500. The number of nitrogens with one attached hydrogen (secondary N) is 1. The van der Waals surface area contributed by atoms with Crippen molar-refractivity contribution in [2.45, 2.75) is 62.7 Å². The van der Waals surface area contributed by atoms with Crippen LogP contribution >= 0.6 is 0 Å². The van der Waals surface area contributed by atoms with Crippen molar-refractivity contribution in [1.82, 2.24) is 14.3 Å². The molecule has 226 valence electrons. The second-order valence-corrected chi connectivity index (χ2v) is 12.4. The van der Waals surface area contributed by atoms with Crippen molar-refractivity contribution in [3.8, 4) is 11.3 Å². The van der Waals surface area contributed by atoms with Crippen LogP contribution in [0.3, 0.4) is 0 Å². The Morgan fingerprint density at radius 1 is 1.10 bits per heavy atom. The second-order valence-electron chi connectivity index (χ2n) is 10.5. The van der Waals surface area contributed by atoms with Crippen LogP contribution in [0.25, 0.3) is 11.3 Å². The number of aliphatic hydroxyl groups excluding tert-OH is 1. The lowest BCUT2D eigenvalue weighted by Crippen LogP contribution is -2.40. The van der Waals surface area contributed by atoms with E-state index < -0.39 is 39.7 Å². The van der Waals surface area contributed by atoms with Gasteiger partial charge in [0, 0.05) is 24.2 Å². The van der Waals surface area contributed by atoms with Crippen molar-refractivity contribution in [3.63, 3.8) is 0 Å². The molecule has 2 N–H and O–H groups in total. The van der Waals surface area contributed by atoms with E-state index in [0.29, 0.717) is 29.8 Å². The van der Waals surface area contributed by atoms with E-state index in [9.17, 15) is 35.9 Å². The van der Waals surface area contributed by atoms with Gasteiger partial charge in [0.2, 0.25) is 16.0 Å². The third-order valence-electron chi connectivity index (χ3n) is 7.23. The maximum absolute atomic E-state index is 13.3. The molecule has 0 saturated carbocycles. The van der Waals surface area contributed by atoms with Crippen LogP contribution < -0.4 is 5.32 Å². The lowest BCUT2D eigenvalue weighted by atomic mass is 10.0. The van der Waals surface area contributed by atoms with Gasteiger partial charge in [-0.1, -0.05) is 26.0 Å². The molecule has 1 aromatic heterocycles. The summed E-state index contributed by atoms with van der Waals surface area (Å²) < 4.78 is 80.1. The first-order valence-corrected chi connectivity index (χ1v) is 15.0. The third-order valence-corrected chi connectivity index (χ3v) is 9.15. The molecule has 1 aliphatic rings. The van der Waals surface area contributed by atoms with E-state index in [1.807, 2.05) is 13.8 Å². The minimum Gasteiger partial charge on any atom is -0.394 e. The summed E-state index contributed by atoms with van der Waals surface area (Å²) >= 11 is 0. The third kappa shape index (κ3) is 7.31. The van der Waals surface area contributed by atoms with Gasteiger partial charge in [0.25, 0.3) is 0 Å². The summed E-state index contributed by atoms with van der Waals surface area (Å²) in [6.45, 7) is 3.73. The van der Waals surface area contributed by atoms with E-state index >= 15 is 0 Å². The van der Waals surface area contributed by atoms with E-state index in [4.69, 9.17) is 0 Å². The minimum atomic E-state index is -4.49. The number of hydrogen-bond acceptors (Lipinski definition) is 7. The van der Waals surface area contributed by atoms with Crippen LogP contribution in [0.15, 0.2) is 59.5 Å². The topological polar surface area (TPSA) is 112 Å². The number of carbonyl (C=O) groups is 1. The maximum Gasteiger partial charge on any atom is 0.416 e. The van der Waals surface area contributed by atoms with E-state index in [0.717, 1.165) is 28.6 Å². The fourth-order valence-electron chi connectivity index (χ4n) is 4.77. The van der Waals surface area contributed by atoms with Gasteiger partial charge in [-0.15, -0.1) is 0 Å². The fraction of sp³-hybridized carbons (Fsp3) is 0.414. The minimum absolute atomic E-state index is 0.00904. The van der Waals surface area contributed by atoms with Crippen LogP contribution in [0.5, 0.6) is 0 Å². The summed E-state index contributed by atoms with van der Waals surface area (Å²) in [5.74, 6) is -0.729. The number of Topliss-reactive ketones (excluding diaryl/α,β-unsaturated/α-hetero) is 1. The smallest absolute Gasteiger partial charge is 0.394 e. The average molecular weight is 609 g/mol. The molecule has 0 bridgehead atoms. The summed E-state index contributed by atoms with van der Waals surface area (Å²) in [7, 11) is -4.01. The summed E-state index contributed by atoms with van der Waals surface area (Å²) in [4.78, 5) is 22.1. The van der Waals surface area contributed by atoms with Crippen molar-refractivity contribution in [2.24, 2.45) is 5.92 Å². The molecule has 42 heavy (non-hydrogen) atoms. The fourth-order valence-corrected chi connectivity index (χ4v) is 6.44. The Balaban J connectivity index is 1.57. The molecule has 2 aromatic carbocycles. The Morgan fingerprint density at radius 3 is 2.36 bits per heavy atom. The van der Waals surface area contributed by atoms with Crippen LogP contribution in [-0.4, -0.2) is 58.8 Å². The van der Waals surface area contributed by atoms with Crippen molar-refractivity contribution >= 4 is 21.8 Å². The normalized spacial score (nSPS) is 17.0.